The highest BCUT2D eigenvalue weighted by atomic mass is 19.1. The number of nitrogens with zero attached hydrogens (tertiary/aromatic N) is 3. The van der Waals surface area contributed by atoms with Gasteiger partial charge in [-0.25, -0.2) is 9.37 Å². The third kappa shape index (κ3) is 3.83. The van der Waals surface area contributed by atoms with E-state index in [1.165, 1.54) is 13.1 Å². The summed E-state index contributed by atoms with van der Waals surface area (Å²) >= 11 is 0. The maximum absolute atomic E-state index is 13.6. The number of nitrogens with one attached hydrogen (secondary N) is 1. The van der Waals surface area contributed by atoms with Crippen molar-refractivity contribution in [3.05, 3.63) is 65.6 Å². The minimum absolute atomic E-state index is 0.177. The fraction of sp³-hybridized carbons (Fsp3) is 0.238. The fourth-order valence-electron chi connectivity index (χ4n) is 2.79. The van der Waals surface area contributed by atoms with Crippen LogP contribution in [0.25, 0.3) is 11.1 Å². The third-order valence-corrected chi connectivity index (χ3v) is 4.60. The number of carbonyl (C=O) groups is 1. The molecule has 1 saturated carbocycles. The molecule has 3 heterocycles. The summed E-state index contributed by atoms with van der Waals surface area (Å²) in [6.45, 7) is 3.46. The Balaban J connectivity index is 1.52. The molecular weight excluding hydrogens is 359 g/mol. The lowest BCUT2D eigenvalue weighted by atomic mass is 10.1. The van der Waals surface area contributed by atoms with Gasteiger partial charge < -0.3 is 10.1 Å². The second-order valence-corrected chi connectivity index (χ2v) is 6.80. The van der Waals surface area contributed by atoms with Gasteiger partial charge >= 0.3 is 0 Å². The van der Waals surface area contributed by atoms with Crippen molar-refractivity contribution in [3.63, 3.8) is 0 Å². The lowest BCUT2D eigenvalue weighted by Gasteiger charge is -2.10. The van der Waals surface area contributed by atoms with Gasteiger partial charge in [-0.2, -0.15) is 0 Å². The lowest BCUT2D eigenvalue weighted by molar-refractivity contribution is 0.102. The van der Waals surface area contributed by atoms with E-state index < -0.39 is 11.7 Å². The Kier molecular flexibility index (Phi) is 4.73. The minimum Gasteiger partial charge on any atom is -0.489 e. The number of halogens is 1. The SMILES string of the molecule is Cc1ncc(OC2CC2)cc1-c1ccc(NC(=O)c2cncc(F)c2C)nc1. The molecule has 4 rings (SSSR count). The number of carbonyl (C=O) groups excluding carboxylic acids is 1. The molecule has 1 N–H and O–H groups in total. The molecule has 0 saturated heterocycles. The van der Waals surface area contributed by atoms with Crippen LogP contribution in [0.2, 0.25) is 0 Å². The van der Waals surface area contributed by atoms with E-state index in [-0.39, 0.29) is 11.1 Å². The van der Waals surface area contributed by atoms with Crippen LogP contribution >= 0.6 is 0 Å². The van der Waals surface area contributed by atoms with Crippen molar-refractivity contribution in [2.45, 2.75) is 32.8 Å². The van der Waals surface area contributed by atoms with Crippen LogP contribution in [-0.4, -0.2) is 27.0 Å². The molecule has 6 nitrogen and oxygen atoms in total. The molecule has 0 aromatic carbocycles. The summed E-state index contributed by atoms with van der Waals surface area (Å²) in [4.78, 5) is 24.8. The summed E-state index contributed by atoms with van der Waals surface area (Å²) in [6, 6.07) is 5.51. The molecular formula is C21H19FN4O2. The normalized spacial score (nSPS) is 13.2. The van der Waals surface area contributed by atoms with Gasteiger partial charge in [0.2, 0.25) is 0 Å². The molecule has 0 unspecified atom stereocenters. The van der Waals surface area contributed by atoms with E-state index in [1.807, 2.05) is 19.1 Å². The predicted octanol–water partition coefficient (Wildman–Crippen LogP) is 4.09. The second kappa shape index (κ2) is 7.34. The van der Waals surface area contributed by atoms with Crippen LogP contribution in [0.15, 0.2) is 43.0 Å². The lowest BCUT2D eigenvalue weighted by Crippen LogP contribution is -2.15. The molecule has 3 aromatic rings. The molecule has 1 aliphatic rings. The molecule has 0 bridgehead atoms. The standard InChI is InChI=1S/C21H19FN4O2/c1-12-18(10-23-11-19(12)22)21(27)26-20-6-3-14(8-25-20)17-7-16(9-24-13(17)2)28-15-4-5-15/h3,6-11,15H,4-5H2,1-2H3,(H,25,26,27). The van der Waals surface area contributed by atoms with Gasteiger partial charge in [0.05, 0.1) is 24.1 Å². The summed E-state index contributed by atoms with van der Waals surface area (Å²) in [5.41, 5.74) is 3.08. The molecule has 1 amide bonds. The van der Waals surface area contributed by atoms with E-state index in [0.29, 0.717) is 11.9 Å². The molecule has 142 valence electrons. The number of anilines is 1. The van der Waals surface area contributed by atoms with E-state index in [2.05, 4.69) is 20.3 Å². The predicted molar refractivity (Wildman–Crippen MR) is 103 cm³/mol. The van der Waals surface area contributed by atoms with Gasteiger partial charge in [-0.15, -0.1) is 0 Å². The average molecular weight is 378 g/mol. The smallest absolute Gasteiger partial charge is 0.258 e. The highest BCUT2D eigenvalue weighted by molar-refractivity contribution is 6.04. The van der Waals surface area contributed by atoms with E-state index >= 15 is 0 Å². The van der Waals surface area contributed by atoms with Crippen molar-refractivity contribution in [1.29, 1.82) is 0 Å². The largest absolute Gasteiger partial charge is 0.489 e. The summed E-state index contributed by atoms with van der Waals surface area (Å²) in [7, 11) is 0. The summed E-state index contributed by atoms with van der Waals surface area (Å²) < 4.78 is 19.4. The van der Waals surface area contributed by atoms with Gasteiger partial charge in [0.25, 0.3) is 5.91 Å². The van der Waals surface area contributed by atoms with Gasteiger partial charge in [-0.3, -0.25) is 14.8 Å². The molecule has 28 heavy (non-hydrogen) atoms. The van der Waals surface area contributed by atoms with Crippen LogP contribution in [0.4, 0.5) is 10.2 Å². The number of hydrogen-bond donors (Lipinski definition) is 1. The van der Waals surface area contributed by atoms with Crippen molar-refractivity contribution in [1.82, 2.24) is 15.0 Å². The molecule has 0 radical (unpaired) electrons. The Labute approximate surface area is 161 Å². The van der Waals surface area contributed by atoms with Crippen LogP contribution in [0.3, 0.4) is 0 Å². The summed E-state index contributed by atoms with van der Waals surface area (Å²) in [6.07, 6.45) is 8.28. The topological polar surface area (TPSA) is 77.0 Å². The molecule has 0 spiro atoms. The zero-order valence-corrected chi connectivity index (χ0v) is 15.6. The van der Waals surface area contributed by atoms with E-state index in [0.717, 1.165) is 41.6 Å². The number of aromatic nitrogens is 3. The highest BCUT2D eigenvalue weighted by Gasteiger charge is 2.24. The van der Waals surface area contributed by atoms with Gasteiger partial charge in [0.15, 0.2) is 0 Å². The first-order chi connectivity index (χ1) is 13.5. The number of aryl methyl sites for hydroxylation is 1. The van der Waals surface area contributed by atoms with Gasteiger partial charge in [-0.05, 0) is 44.9 Å². The first-order valence-corrected chi connectivity index (χ1v) is 9.02. The molecule has 7 heteroatoms. The fourth-order valence-corrected chi connectivity index (χ4v) is 2.79. The number of rotatable bonds is 5. The Morgan fingerprint density at radius 2 is 1.96 bits per heavy atom. The van der Waals surface area contributed by atoms with Crippen molar-refractivity contribution < 1.29 is 13.9 Å². The van der Waals surface area contributed by atoms with Crippen molar-refractivity contribution >= 4 is 11.7 Å². The van der Waals surface area contributed by atoms with Crippen LogP contribution in [-0.2, 0) is 0 Å². The summed E-state index contributed by atoms with van der Waals surface area (Å²) in [5, 5.41) is 2.67. The summed E-state index contributed by atoms with van der Waals surface area (Å²) in [5.74, 6) is 0.137. The Bertz CT molecular complexity index is 1030. The number of amides is 1. The second-order valence-electron chi connectivity index (χ2n) is 6.80. The molecule has 1 aliphatic carbocycles. The van der Waals surface area contributed by atoms with Crippen molar-refractivity contribution in [2.75, 3.05) is 5.32 Å². The van der Waals surface area contributed by atoms with E-state index in [1.54, 1.807) is 18.5 Å². The number of ether oxygens (including phenoxy) is 1. The molecule has 3 aromatic heterocycles. The van der Waals surface area contributed by atoms with Crippen molar-refractivity contribution in [2.24, 2.45) is 0 Å². The van der Waals surface area contributed by atoms with E-state index in [4.69, 9.17) is 4.74 Å². The van der Waals surface area contributed by atoms with Gasteiger partial charge in [0, 0.05) is 34.8 Å². The zero-order valence-electron chi connectivity index (χ0n) is 15.6. The first-order valence-electron chi connectivity index (χ1n) is 9.02. The van der Waals surface area contributed by atoms with Crippen LogP contribution in [0.1, 0.15) is 34.5 Å². The molecule has 0 atom stereocenters. The Hall–Kier alpha value is -3.35. The van der Waals surface area contributed by atoms with Crippen LogP contribution in [0, 0.1) is 19.7 Å². The maximum Gasteiger partial charge on any atom is 0.258 e. The Morgan fingerprint density at radius 1 is 1.14 bits per heavy atom. The molecule has 0 aliphatic heterocycles. The monoisotopic (exact) mass is 378 g/mol. The third-order valence-electron chi connectivity index (χ3n) is 4.60. The van der Waals surface area contributed by atoms with Gasteiger partial charge in [-0.1, -0.05) is 0 Å². The first kappa shape index (κ1) is 18.0. The molecule has 1 fully saturated rings. The van der Waals surface area contributed by atoms with Gasteiger partial charge in [0.1, 0.15) is 17.4 Å². The van der Waals surface area contributed by atoms with Crippen LogP contribution < -0.4 is 10.1 Å². The number of pyridine rings is 3. The zero-order chi connectivity index (χ0) is 19.7. The average Bonchev–Trinajstić information content (AvgIpc) is 3.50. The number of hydrogen-bond acceptors (Lipinski definition) is 5. The van der Waals surface area contributed by atoms with E-state index in [9.17, 15) is 9.18 Å². The quantitative estimate of drug-likeness (QED) is 0.724. The minimum atomic E-state index is -0.521. The highest BCUT2D eigenvalue weighted by Crippen LogP contribution is 2.30. The maximum atomic E-state index is 13.6. The Morgan fingerprint density at radius 3 is 2.68 bits per heavy atom. The van der Waals surface area contributed by atoms with Crippen molar-refractivity contribution in [3.8, 4) is 16.9 Å². The van der Waals surface area contributed by atoms with Crippen LogP contribution in [0.5, 0.6) is 5.75 Å².